The van der Waals surface area contributed by atoms with Gasteiger partial charge in [-0.15, -0.1) is 0 Å². The first-order chi connectivity index (χ1) is 13.1. The molecule has 134 valence electrons. The fourth-order valence-electron chi connectivity index (χ4n) is 2.98. The zero-order chi connectivity index (χ0) is 18.8. The van der Waals surface area contributed by atoms with Crippen molar-refractivity contribution in [2.45, 2.75) is 19.9 Å². The first kappa shape index (κ1) is 16.9. The number of carbonyl (C=O) groups is 1. The van der Waals surface area contributed by atoms with E-state index in [1.54, 1.807) is 25.5 Å². The number of hydrogen-bond donors (Lipinski definition) is 1. The van der Waals surface area contributed by atoms with Crippen LogP contribution in [0.15, 0.2) is 67.1 Å². The quantitative estimate of drug-likeness (QED) is 0.542. The van der Waals surface area contributed by atoms with E-state index in [9.17, 15) is 4.79 Å². The molecule has 2 aromatic carbocycles. The number of ketones is 1. The van der Waals surface area contributed by atoms with Gasteiger partial charge in [0.2, 0.25) is 5.95 Å². The third-order valence-electron chi connectivity index (χ3n) is 4.49. The van der Waals surface area contributed by atoms with Gasteiger partial charge in [-0.3, -0.25) is 9.36 Å². The number of nitrogens with one attached hydrogen (secondary N) is 1. The molecule has 0 amide bonds. The topological polar surface area (TPSA) is 72.7 Å². The third kappa shape index (κ3) is 3.42. The predicted octanol–water partition coefficient (Wildman–Crippen LogP) is 4.19. The van der Waals surface area contributed by atoms with Crippen molar-refractivity contribution in [3.63, 3.8) is 0 Å². The molecule has 0 aliphatic heterocycles. The number of Topliss-reactive ketones (excluding diaryl/α,β-unsaturated/α-hetero) is 1. The number of rotatable bonds is 5. The SMILES string of the molecule is CC(=O)c1ccc2ncn(-c3ccnc(NC(C)c4ccccc4)n3)c2c1. The minimum absolute atomic E-state index is 0.0198. The zero-order valence-electron chi connectivity index (χ0n) is 15.1. The molecule has 2 heterocycles. The molecule has 1 unspecified atom stereocenters. The molecule has 0 saturated heterocycles. The first-order valence-corrected chi connectivity index (χ1v) is 8.75. The zero-order valence-corrected chi connectivity index (χ0v) is 15.1. The fourth-order valence-corrected chi connectivity index (χ4v) is 2.98. The normalized spacial score (nSPS) is 12.1. The maximum atomic E-state index is 11.7. The van der Waals surface area contributed by atoms with Gasteiger partial charge in [0.05, 0.1) is 17.1 Å². The van der Waals surface area contributed by atoms with Gasteiger partial charge in [-0.1, -0.05) is 30.3 Å². The summed E-state index contributed by atoms with van der Waals surface area (Å²) < 4.78 is 1.86. The molecule has 1 atom stereocenters. The standard InChI is InChI=1S/C21H19N5O/c1-14(16-6-4-3-5-7-16)24-21-22-11-10-20(25-21)26-13-23-18-9-8-17(15(2)27)12-19(18)26/h3-14H,1-2H3,(H,22,24,25). The van der Waals surface area contributed by atoms with Crippen molar-refractivity contribution >= 4 is 22.8 Å². The van der Waals surface area contributed by atoms with Crippen LogP contribution in [0.25, 0.3) is 16.9 Å². The van der Waals surface area contributed by atoms with E-state index in [0.717, 1.165) is 16.6 Å². The smallest absolute Gasteiger partial charge is 0.225 e. The molecule has 6 nitrogen and oxygen atoms in total. The molecule has 27 heavy (non-hydrogen) atoms. The van der Waals surface area contributed by atoms with Gasteiger partial charge in [-0.2, -0.15) is 4.98 Å². The Bertz CT molecular complexity index is 1100. The third-order valence-corrected chi connectivity index (χ3v) is 4.49. The molecule has 4 rings (SSSR count). The number of imidazole rings is 1. The fraction of sp³-hybridized carbons (Fsp3) is 0.143. The first-order valence-electron chi connectivity index (χ1n) is 8.75. The highest BCUT2D eigenvalue weighted by molar-refractivity contribution is 5.97. The molecule has 1 N–H and O–H groups in total. The van der Waals surface area contributed by atoms with E-state index in [2.05, 4.69) is 39.3 Å². The summed E-state index contributed by atoms with van der Waals surface area (Å²) in [5.41, 5.74) is 3.45. The van der Waals surface area contributed by atoms with Crippen LogP contribution in [0, 0.1) is 0 Å². The van der Waals surface area contributed by atoms with Gasteiger partial charge in [0.25, 0.3) is 0 Å². The van der Waals surface area contributed by atoms with Crippen molar-refractivity contribution in [3.8, 4) is 5.82 Å². The van der Waals surface area contributed by atoms with Crippen LogP contribution in [0.1, 0.15) is 35.8 Å². The number of hydrogen-bond acceptors (Lipinski definition) is 5. The lowest BCUT2D eigenvalue weighted by molar-refractivity contribution is 0.101. The van der Waals surface area contributed by atoms with Crippen molar-refractivity contribution in [1.82, 2.24) is 19.5 Å². The molecule has 0 saturated carbocycles. The van der Waals surface area contributed by atoms with Crippen LogP contribution >= 0.6 is 0 Å². The van der Waals surface area contributed by atoms with Gasteiger partial charge >= 0.3 is 0 Å². The van der Waals surface area contributed by atoms with E-state index >= 15 is 0 Å². The summed E-state index contributed by atoms with van der Waals surface area (Å²) >= 11 is 0. The van der Waals surface area contributed by atoms with Crippen molar-refractivity contribution < 1.29 is 4.79 Å². The van der Waals surface area contributed by atoms with E-state index in [4.69, 9.17) is 0 Å². The van der Waals surface area contributed by atoms with Gasteiger partial charge in [0.15, 0.2) is 5.78 Å². The highest BCUT2D eigenvalue weighted by atomic mass is 16.1. The summed E-state index contributed by atoms with van der Waals surface area (Å²) in [6.45, 7) is 3.62. The molecule has 0 aliphatic rings. The Balaban J connectivity index is 1.67. The summed E-state index contributed by atoms with van der Waals surface area (Å²) in [4.78, 5) is 25.1. The van der Waals surface area contributed by atoms with Crippen molar-refractivity contribution in [2.75, 3.05) is 5.32 Å². The number of carbonyl (C=O) groups excluding carboxylic acids is 1. The number of nitrogens with zero attached hydrogens (tertiary/aromatic N) is 4. The Hall–Kier alpha value is -3.54. The van der Waals surface area contributed by atoms with E-state index in [1.165, 1.54) is 0 Å². The Morgan fingerprint density at radius 1 is 1.07 bits per heavy atom. The second kappa shape index (κ2) is 6.99. The summed E-state index contributed by atoms with van der Waals surface area (Å²) in [6, 6.07) is 17.5. The molecule has 0 radical (unpaired) electrons. The molecule has 0 bridgehead atoms. The summed E-state index contributed by atoms with van der Waals surface area (Å²) in [7, 11) is 0. The highest BCUT2D eigenvalue weighted by Gasteiger charge is 2.11. The second-order valence-corrected chi connectivity index (χ2v) is 6.39. The summed E-state index contributed by atoms with van der Waals surface area (Å²) in [5.74, 6) is 1.25. The van der Waals surface area contributed by atoms with E-state index in [0.29, 0.717) is 17.3 Å². The second-order valence-electron chi connectivity index (χ2n) is 6.39. The van der Waals surface area contributed by atoms with Crippen LogP contribution in [-0.4, -0.2) is 25.3 Å². The van der Waals surface area contributed by atoms with E-state index in [1.807, 2.05) is 41.0 Å². The van der Waals surface area contributed by atoms with Crippen LogP contribution in [-0.2, 0) is 0 Å². The van der Waals surface area contributed by atoms with E-state index in [-0.39, 0.29) is 11.8 Å². The number of anilines is 1. The maximum Gasteiger partial charge on any atom is 0.225 e. The molecule has 4 aromatic rings. The minimum Gasteiger partial charge on any atom is -0.348 e. The minimum atomic E-state index is 0.0198. The van der Waals surface area contributed by atoms with Gasteiger partial charge in [0.1, 0.15) is 12.1 Å². The number of aromatic nitrogens is 4. The van der Waals surface area contributed by atoms with E-state index < -0.39 is 0 Å². The van der Waals surface area contributed by atoms with Gasteiger partial charge in [-0.25, -0.2) is 9.97 Å². The Morgan fingerprint density at radius 3 is 2.67 bits per heavy atom. The molecule has 0 aliphatic carbocycles. The van der Waals surface area contributed by atoms with Crippen LogP contribution < -0.4 is 5.32 Å². The van der Waals surface area contributed by atoms with Crippen LogP contribution in [0.2, 0.25) is 0 Å². The highest BCUT2D eigenvalue weighted by Crippen LogP contribution is 2.21. The summed E-state index contributed by atoms with van der Waals surface area (Å²) in [5, 5.41) is 3.33. The Kier molecular flexibility index (Phi) is 4.38. The molecule has 0 fully saturated rings. The van der Waals surface area contributed by atoms with Crippen molar-refractivity contribution in [3.05, 3.63) is 78.2 Å². The Labute approximate surface area is 156 Å². The lowest BCUT2D eigenvalue weighted by Crippen LogP contribution is -2.10. The van der Waals surface area contributed by atoms with Crippen LogP contribution in [0.4, 0.5) is 5.95 Å². The van der Waals surface area contributed by atoms with Crippen LogP contribution in [0.5, 0.6) is 0 Å². The molecule has 6 heteroatoms. The largest absolute Gasteiger partial charge is 0.348 e. The van der Waals surface area contributed by atoms with Gasteiger partial charge in [-0.05, 0) is 43.7 Å². The predicted molar refractivity (Wildman–Crippen MR) is 105 cm³/mol. The molecular weight excluding hydrogens is 338 g/mol. The lowest BCUT2D eigenvalue weighted by Gasteiger charge is -2.14. The van der Waals surface area contributed by atoms with Crippen LogP contribution in [0.3, 0.4) is 0 Å². The average Bonchev–Trinajstić information content (AvgIpc) is 3.12. The van der Waals surface area contributed by atoms with Crippen molar-refractivity contribution in [1.29, 1.82) is 0 Å². The van der Waals surface area contributed by atoms with Gasteiger partial charge < -0.3 is 5.32 Å². The molecule has 0 spiro atoms. The van der Waals surface area contributed by atoms with Gasteiger partial charge in [0, 0.05) is 11.8 Å². The lowest BCUT2D eigenvalue weighted by atomic mass is 10.1. The molecule has 2 aromatic heterocycles. The van der Waals surface area contributed by atoms with Crippen molar-refractivity contribution in [2.24, 2.45) is 0 Å². The number of fused-ring (bicyclic) bond motifs is 1. The Morgan fingerprint density at radius 2 is 1.89 bits per heavy atom. The average molecular weight is 357 g/mol. The monoisotopic (exact) mass is 357 g/mol. The number of benzene rings is 2. The maximum absolute atomic E-state index is 11.7. The molecular formula is C21H19N5O. The summed E-state index contributed by atoms with van der Waals surface area (Å²) in [6.07, 6.45) is 3.42.